The number of ether oxygens (including phenoxy) is 2. The number of alkyl halides is 2. The highest BCUT2D eigenvalue weighted by atomic mass is 32.2. The van der Waals surface area contributed by atoms with E-state index >= 15 is 0 Å². The number of sulfone groups is 1. The molecule has 2 aliphatic rings. The molecule has 4 nitrogen and oxygen atoms in total. The summed E-state index contributed by atoms with van der Waals surface area (Å²) >= 11 is 0. The van der Waals surface area contributed by atoms with E-state index in [4.69, 9.17) is 9.47 Å². The molecule has 0 unspecified atom stereocenters. The molecule has 20 heavy (non-hydrogen) atoms. The second kappa shape index (κ2) is 4.19. The molecule has 0 bridgehead atoms. The quantitative estimate of drug-likeness (QED) is 0.742. The van der Waals surface area contributed by atoms with Gasteiger partial charge in [0.2, 0.25) is 5.79 Å². The third-order valence-corrected chi connectivity index (χ3v) is 4.65. The third kappa shape index (κ3) is 1.64. The summed E-state index contributed by atoms with van der Waals surface area (Å²) in [5.74, 6) is -3.19. The van der Waals surface area contributed by atoms with Crippen LogP contribution in [0.5, 0.6) is 0 Å². The first-order valence-corrected chi connectivity index (χ1v) is 7.77. The molecular formula is C12H11F3O4S. The predicted octanol–water partition coefficient (Wildman–Crippen LogP) is 1.79. The van der Waals surface area contributed by atoms with Crippen LogP contribution in [0.4, 0.5) is 13.2 Å². The van der Waals surface area contributed by atoms with Crippen molar-refractivity contribution in [2.45, 2.75) is 23.0 Å². The van der Waals surface area contributed by atoms with Crippen molar-refractivity contribution >= 4 is 9.84 Å². The van der Waals surface area contributed by atoms with E-state index in [9.17, 15) is 21.6 Å². The smallest absolute Gasteiger partial charge is 0.232 e. The van der Waals surface area contributed by atoms with Crippen LogP contribution in [-0.2, 0) is 25.1 Å². The zero-order chi connectivity index (χ0) is 14.7. The first kappa shape index (κ1) is 13.8. The highest BCUT2D eigenvalue weighted by Gasteiger charge is 2.61. The van der Waals surface area contributed by atoms with Crippen LogP contribution < -0.4 is 0 Å². The SMILES string of the molecule is CS(=O)(=O)c1ccc(F)c2c1C1(OCCO1)[C@H](F)[C@@H]2F. The van der Waals surface area contributed by atoms with Crippen molar-refractivity contribution < 1.29 is 31.1 Å². The molecule has 0 amide bonds. The second-order valence-electron chi connectivity index (χ2n) is 4.77. The Kier molecular flexibility index (Phi) is 2.90. The van der Waals surface area contributed by atoms with Crippen molar-refractivity contribution in [3.8, 4) is 0 Å². The van der Waals surface area contributed by atoms with E-state index in [2.05, 4.69) is 0 Å². The van der Waals surface area contributed by atoms with Crippen LogP contribution in [0.15, 0.2) is 17.0 Å². The first-order chi connectivity index (χ1) is 9.29. The van der Waals surface area contributed by atoms with Gasteiger partial charge in [-0.15, -0.1) is 0 Å². The Balaban J connectivity index is 2.38. The molecule has 8 heteroatoms. The Labute approximate surface area is 113 Å². The molecule has 1 spiro atoms. The summed E-state index contributed by atoms with van der Waals surface area (Å²) in [6, 6.07) is 1.78. The molecule has 1 aliphatic heterocycles. The highest BCUT2D eigenvalue weighted by Crippen LogP contribution is 2.54. The van der Waals surface area contributed by atoms with E-state index in [1.54, 1.807) is 0 Å². The molecule has 0 saturated carbocycles. The fraction of sp³-hybridized carbons (Fsp3) is 0.500. The van der Waals surface area contributed by atoms with Crippen LogP contribution in [0.3, 0.4) is 0 Å². The van der Waals surface area contributed by atoms with Gasteiger partial charge in [0.1, 0.15) is 5.82 Å². The number of rotatable bonds is 1. The van der Waals surface area contributed by atoms with Gasteiger partial charge in [0.15, 0.2) is 22.2 Å². The molecule has 110 valence electrons. The van der Waals surface area contributed by atoms with Crippen LogP contribution in [0.2, 0.25) is 0 Å². The van der Waals surface area contributed by atoms with Gasteiger partial charge in [0.25, 0.3) is 0 Å². The Morgan fingerprint density at radius 2 is 1.85 bits per heavy atom. The largest absolute Gasteiger partial charge is 0.341 e. The maximum atomic E-state index is 14.2. The number of halogens is 3. The molecule has 1 fully saturated rings. The summed E-state index contributed by atoms with van der Waals surface area (Å²) < 4.78 is 75.9. The summed E-state index contributed by atoms with van der Waals surface area (Å²) in [4.78, 5) is -0.376. The Morgan fingerprint density at radius 3 is 2.40 bits per heavy atom. The van der Waals surface area contributed by atoms with Gasteiger partial charge in [-0.1, -0.05) is 0 Å². The molecule has 1 aromatic rings. The van der Waals surface area contributed by atoms with Gasteiger partial charge in [-0.25, -0.2) is 21.6 Å². The van der Waals surface area contributed by atoms with Gasteiger partial charge in [-0.2, -0.15) is 0 Å². The van der Waals surface area contributed by atoms with E-state index in [0.717, 1.165) is 18.4 Å². The molecule has 3 rings (SSSR count). The third-order valence-electron chi connectivity index (χ3n) is 3.51. The molecule has 1 heterocycles. The fourth-order valence-corrected chi connectivity index (χ4v) is 3.66. The number of fused-ring (bicyclic) bond motifs is 2. The van der Waals surface area contributed by atoms with Crippen LogP contribution >= 0.6 is 0 Å². The Bertz CT molecular complexity index is 668. The molecule has 0 radical (unpaired) electrons. The minimum atomic E-state index is -3.82. The summed E-state index contributed by atoms with van der Waals surface area (Å²) in [7, 11) is -3.82. The van der Waals surface area contributed by atoms with Gasteiger partial charge in [-0.3, -0.25) is 0 Å². The second-order valence-corrected chi connectivity index (χ2v) is 6.76. The zero-order valence-electron chi connectivity index (χ0n) is 10.4. The maximum Gasteiger partial charge on any atom is 0.232 e. The lowest BCUT2D eigenvalue weighted by Gasteiger charge is -2.26. The topological polar surface area (TPSA) is 52.6 Å². The predicted molar refractivity (Wildman–Crippen MR) is 61.8 cm³/mol. The normalized spacial score (nSPS) is 28.0. The lowest BCUT2D eigenvalue weighted by atomic mass is 10.1. The molecule has 0 aromatic heterocycles. The van der Waals surface area contributed by atoms with Crippen LogP contribution in [0, 0.1) is 5.82 Å². The lowest BCUT2D eigenvalue weighted by molar-refractivity contribution is -0.213. The van der Waals surface area contributed by atoms with E-state index < -0.39 is 44.9 Å². The van der Waals surface area contributed by atoms with Gasteiger partial charge in [0, 0.05) is 17.4 Å². The molecule has 1 aromatic carbocycles. The first-order valence-electron chi connectivity index (χ1n) is 5.88. The average Bonchev–Trinajstić information content (AvgIpc) is 2.92. The van der Waals surface area contributed by atoms with Crippen molar-refractivity contribution in [3.05, 3.63) is 29.1 Å². The van der Waals surface area contributed by atoms with Crippen molar-refractivity contribution in [1.82, 2.24) is 0 Å². The summed E-state index contributed by atoms with van der Waals surface area (Å²) in [6.45, 7) is -0.0431. The molecule has 0 N–H and O–H groups in total. The van der Waals surface area contributed by atoms with Crippen LogP contribution in [-0.4, -0.2) is 34.1 Å². The minimum Gasteiger partial charge on any atom is -0.341 e. The average molecular weight is 308 g/mol. The lowest BCUT2D eigenvalue weighted by Crippen LogP contribution is -2.36. The monoisotopic (exact) mass is 308 g/mol. The molecule has 1 aliphatic carbocycles. The molecule has 1 saturated heterocycles. The summed E-state index contributed by atoms with van der Waals surface area (Å²) in [5, 5.41) is 0. The Morgan fingerprint density at radius 1 is 1.25 bits per heavy atom. The van der Waals surface area contributed by atoms with E-state index in [1.807, 2.05) is 0 Å². The van der Waals surface area contributed by atoms with Crippen molar-refractivity contribution in [1.29, 1.82) is 0 Å². The van der Waals surface area contributed by atoms with Crippen LogP contribution in [0.1, 0.15) is 17.3 Å². The minimum absolute atomic E-state index is 0.0215. The number of benzene rings is 1. The Hall–Kier alpha value is -1.12. The van der Waals surface area contributed by atoms with Crippen molar-refractivity contribution in [2.75, 3.05) is 19.5 Å². The highest BCUT2D eigenvalue weighted by molar-refractivity contribution is 7.90. The van der Waals surface area contributed by atoms with Gasteiger partial charge in [0.05, 0.1) is 18.1 Å². The summed E-state index contributed by atoms with van der Waals surface area (Å²) in [5.41, 5.74) is -1.03. The maximum absolute atomic E-state index is 14.2. The molecular weight excluding hydrogens is 297 g/mol. The van der Waals surface area contributed by atoms with Crippen molar-refractivity contribution in [3.63, 3.8) is 0 Å². The van der Waals surface area contributed by atoms with Crippen LogP contribution in [0.25, 0.3) is 0 Å². The fourth-order valence-electron chi connectivity index (χ4n) is 2.72. The van der Waals surface area contributed by atoms with E-state index in [1.165, 1.54) is 0 Å². The van der Waals surface area contributed by atoms with E-state index in [0.29, 0.717) is 0 Å². The summed E-state index contributed by atoms with van der Waals surface area (Å²) in [6.07, 6.45) is -3.76. The van der Waals surface area contributed by atoms with Gasteiger partial charge in [-0.05, 0) is 12.1 Å². The van der Waals surface area contributed by atoms with E-state index in [-0.39, 0.29) is 18.1 Å². The number of hydrogen-bond acceptors (Lipinski definition) is 4. The number of hydrogen-bond donors (Lipinski definition) is 0. The van der Waals surface area contributed by atoms with Crippen molar-refractivity contribution in [2.24, 2.45) is 0 Å². The van der Waals surface area contributed by atoms with Gasteiger partial charge >= 0.3 is 0 Å². The van der Waals surface area contributed by atoms with Gasteiger partial charge < -0.3 is 9.47 Å². The zero-order valence-corrected chi connectivity index (χ0v) is 11.2. The molecule has 2 atom stereocenters. The standard InChI is InChI=1S/C12H11F3O4S/c1-20(16,17)7-3-2-6(13)8-9(7)12(11(15)10(8)14)18-4-5-19-12/h2-3,10-11H,4-5H2,1H3/t10-,11-/m1/s1.